The third kappa shape index (κ3) is 4.08. The molecule has 1 aromatic rings. The minimum Gasteiger partial charge on any atom is -0.366 e. The molecule has 0 heterocycles. The zero-order valence-corrected chi connectivity index (χ0v) is 13.6. The molecule has 0 fully saturated rings. The highest BCUT2D eigenvalue weighted by molar-refractivity contribution is 6.00. The van der Waals surface area contributed by atoms with Gasteiger partial charge in [-0.3, -0.25) is 4.79 Å². The molecule has 4 nitrogen and oxygen atoms in total. The van der Waals surface area contributed by atoms with Gasteiger partial charge in [-0.2, -0.15) is 0 Å². The van der Waals surface area contributed by atoms with Crippen LogP contribution in [0.1, 0.15) is 23.1 Å². The maximum absolute atomic E-state index is 11.9. The molecule has 0 N–H and O–H groups in total. The summed E-state index contributed by atoms with van der Waals surface area (Å²) in [5, 5.41) is 0. The lowest BCUT2D eigenvalue weighted by molar-refractivity contribution is -0.127. The Balaban J connectivity index is 3.18. The van der Waals surface area contributed by atoms with Crippen molar-refractivity contribution >= 4 is 17.4 Å². The van der Waals surface area contributed by atoms with Gasteiger partial charge in [0.15, 0.2) is 0 Å². The van der Waals surface area contributed by atoms with E-state index in [2.05, 4.69) is 32.9 Å². The highest BCUT2D eigenvalue weighted by Crippen LogP contribution is 2.25. The van der Waals surface area contributed by atoms with Crippen LogP contribution >= 0.6 is 0 Å². The predicted molar refractivity (Wildman–Crippen MR) is 84.7 cm³/mol. The number of carbonyl (C=O) groups is 1. The predicted octanol–water partition coefficient (Wildman–Crippen LogP) is 2.68. The molecule has 20 heavy (non-hydrogen) atoms. The molecule has 0 aliphatic heterocycles. The number of rotatable bonds is 3. The summed E-state index contributed by atoms with van der Waals surface area (Å²) >= 11 is 0. The number of amides is 1. The van der Waals surface area contributed by atoms with Crippen LogP contribution in [0.2, 0.25) is 0 Å². The molecule has 1 amide bonds. The van der Waals surface area contributed by atoms with Gasteiger partial charge < -0.3 is 9.80 Å². The summed E-state index contributed by atoms with van der Waals surface area (Å²) < 4.78 is 0. The van der Waals surface area contributed by atoms with Gasteiger partial charge in [-0.1, -0.05) is 17.7 Å². The molecule has 0 bridgehead atoms. The maximum Gasteiger partial charge on any atom is 0.229 e. The van der Waals surface area contributed by atoms with Gasteiger partial charge in [0.2, 0.25) is 5.91 Å². The first kappa shape index (κ1) is 16.2. The Hall–Kier alpha value is -1.84. The van der Waals surface area contributed by atoms with E-state index in [1.165, 1.54) is 5.56 Å². The Morgan fingerprint density at radius 2 is 1.50 bits per heavy atom. The van der Waals surface area contributed by atoms with E-state index in [9.17, 15) is 4.79 Å². The van der Waals surface area contributed by atoms with Gasteiger partial charge in [0, 0.05) is 28.2 Å². The second-order valence-corrected chi connectivity index (χ2v) is 5.63. The monoisotopic (exact) mass is 275 g/mol. The van der Waals surface area contributed by atoms with Gasteiger partial charge in [0.25, 0.3) is 0 Å². The summed E-state index contributed by atoms with van der Waals surface area (Å²) in [4.78, 5) is 20.1. The van der Waals surface area contributed by atoms with Crippen LogP contribution in [0.4, 0.5) is 5.69 Å². The molecule has 0 aliphatic rings. The first-order chi connectivity index (χ1) is 9.22. The molecule has 110 valence electrons. The fourth-order valence-corrected chi connectivity index (χ4v) is 2.07. The standard InChI is InChI=1S/C16H25N3O/c1-11-8-12(2)16(13(3)9-11)17-14(18(4)5)10-15(20)19(6)7/h8-9H,10H2,1-7H3. The second-order valence-electron chi connectivity index (χ2n) is 5.63. The molecule has 0 saturated carbocycles. The van der Waals surface area contributed by atoms with Gasteiger partial charge in [0.05, 0.1) is 12.1 Å². The van der Waals surface area contributed by atoms with Crippen LogP contribution in [-0.2, 0) is 4.79 Å². The molecule has 0 atom stereocenters. The average molecular weight is 275 g/mol. The number of hydrogen-bond donors (Lipinski definition) is 0. The minimum absolute atomic E-state index is 0.0554. The number of aliphatic imine (C=N–C) groups is 1. The van der Waals surface area contributed by atoms with Crippen LogP contribution in [0.5, 0.6) is 0 Å². The summed E-state index contributed by atoms with van der Waals surface area (Å²) in [6.07, 6.45) is 0.312. The Bertz CT molecular complexity index is 508. The molecule has 0 spiro atoms. The summed E-state index contributed by atoms with van der Waals surface area (Å²) in [5.41, 5.74) is 4.47. The summed E-state index contributed by atoms with van der Waals surface area (Å²) in [6.45, 7) is 6.19. The van der Waals surface area contributed by atoms with Crippen molar-refractivity contribution in [3.63, 3.8) is 0 Å². The Kier molecular flexibility index (Phi) is 5.31. The fraction of sp³-hybridized carbons (Fsp3) is 0.500. The van der Waals surface area contributed by atoms with Gasteiger partial charge in [0.1, 0.15) is 5.84 Å². The van der Waals surface area contributed by atoms with Crippen LogP contribution in [0, 0.1) is 20.8 Å². The molecule has 1 rings (SSSR count). The topological polar surface area (TPSA) is 35.9 Å². The fourth-order valence-electron chi connectivity index (χ4n) is 2.07. The second kappa shape index (κ2) is 6.55. The molecule has 0 aromatic heterocycles. The number of benzene rings is 1. The van der Waals surface area contributed by atoms with Gasteiger partial charge >= 0.3 is 0 Å². The van der Waals surface area contributed by atoms with Gasteiger partial charge in [-0.05, 0) is 31.9 Å². The molecule has 0 saturated heterocycles. The van der Waals surface area contributed by atoms with E-state index in [1.54, 1.807) is 19.0 Å². The van der Waals surface area contributed by atoms with Crippen molar-refractivity contribution in [2.24, 2.45) is 4.99 Å². The Morgan fingerprint density at radius 1 is 1.00 bits per heavy atom. The van der Waals surface area contributed by atoms with Crippen LogP contribution in [0.3, 0.4) is 0 Å². The number of aryl methyl sites for hydroxylation is 3. The lowest BCUT2D eigenvalue weighted by Crippen LogP contribution is -2.30. The van der Waals surface area contributed by atoms with Crippen LogP contribution in [-0.4, -0.2) is 49.7 Å². The van der Waals surface area contributed by atoms with Gasteiger partial charge in [-0.15, -0.1) is 0 Å². The third-order valence-electron chi connectivity index (χ3n) is 3.20. The summed E-state index contributed by atoms with van der Waals surface area (Å²) in [5.74, 6) is 0.832. The van der Waals surface area contributed by atoms with Crippen molar-refractivity contribution in [2.45, 2.75) is 27.2 Å². The minimum atomic E-state index is 0.0554. The van der Waals surface area contributed by atoms with Crippen molar-refractivity contribution in [3.8, 4) is 0 Å². The Morgan fingerprint density at radius 3 is 1.90 bits per heavy atom. The SMILES string of the molecule is Cc1cc(C)c(N=C(CC(=O)N(C)C)N(C)C)c(C)c1. The van der Waals surface area contributed by atoms with E-state index in [-0.39, 0.29) is 5.91 Å². The summed E-state index contributed by atoms with van der Waals surface area (Å²) in [6, 6.07) is 4.24. The first-order valence-electron chi connectivity index (χ1n) is 6.75. The largest absolute Gasteiger partial charge is 0.366 e. The van der Waals surface area contributed by atoms with Crippen LogP contribution in [0.15, 0.2) is 17.1 Å². The summed E-state index contributed by atoms with van der Waals surface area (Å²) in [7, 11) is 7.36. The van der Waals surface area contributed by atoms with Gasteiger partial charge in [-0.25, -0.2) is 4.99 Å². The first-order valence-corrected chi connectivity index (χ1v) is 6.75. The molecule has 0 aliphatic carbocycles. The highest BCUT2D eigenvalue weighted by Gasteiger charge is 2.13. The quantitative estimate of drug-likeness (QED) is 0.628. The third-order valence-corrected chi connectivity index (χ3v) is 3.20. The van der Waals surface area contributed by atoms with Crippen molar-refractivity contribution in [1.82, 2.24) is 9.80 Å². The normalized spacial score (nSPS) is 11.4. The molecule has 4 heteroatoms. The smallest absolute Gasteiger partial charge is 0.229 e. The molecule has 0 radical (unpaired) electrons. The Labute approximate surface area is 122 Å². The average Bonchev–Trinajstić information content (AvgIpc) is 2.31. The van der Waals surface area contributed by atoms with E-state index in [0.29, 0.717) is 6.42 Å². The van der Waals surface area contributed by atoms with E-state index in [0.717, 1.165) is 22.6 Å². The van der Waals surface area contributed by atoms with E-state index >= 15 is 0 Å². The van der Waals surface area contributed by atoms with E-state index in [4.69, 9.17) is 4.99 Å². The molecule has 0 unspecified atom stereocenters. The molecule has 1 aromatic carbocycles. The molecular weight excluding hydrogens is 250 g/mol. The molecular formula is C16H25N3O. The lowest BCUT2D eigenvalue weighted by atomic mass is 10.1. The van der Waals surface area contributed by atoms with Crippen molar-refractivity contribution < 1.29 is 4.79 Å². The number of hydrogen-bond acceptors (Lipinski definition) is 2. The van der Waals surface area contributed by atoms with E-state index in [1.807, 2.05) is 19.0 Å². The zero-order chi connectivity index (χ0) is 15.4. The highest BCUT2D eigenvalue weighted by atomic mass is 16.2. The van der Waals surface area contributed by atoms with Crippen molar-refractivity contribution in [3.05, 3.63) is 28.8 Å². The maximum atomic E-state index is 11.9. The number of carbonyl (C=O) groups excluding carboxylic acids is 1. The van der Waals surface area contributed by atoms with Crippen LogP contribution < -0.4 is 0 Å². The van der Waals surface area contributed by atoms with Crippen molar-refractivity contribution in [2.75, 3.05) is 28.2 Å². The van der Waals surface area contributed by atoms with E-state index < -0.39 is 0 Å². The number of amidine groups is 1. The number of nitrogens with zero attached hydrogens (tertiary/aromatic N) is 3. The zero-order valence-electron chi connectivity index (χ0n) is 13.6. The van der Waals surface area contributed by atoms with Crippen molar-refractivity contribution in [1.29, 1.82) is 0 Å². The van der Waals surface area contributed by atoms with Crippen LogP contribution in [0.25, 0.3) is 0 Å². The lowest BCUT2D eigenvalue weighted by Gasteiger charge is -2.19.